The Kier molecular flexibility index (Phi) is 1.91. The molecule has 0 radical (unpaired) electrons. The lowest BCUT2D eigenvalue weighted by molar-refractivity contribution is -0.542. The van der Waals surface area contributed by atoms with Gasteiger partial charge in [-0.05, 0) is 0 Å². The first-order valence-corrected chi connectivity index (χ1v) is 2.54. The molecule has 0 rings (SSSR count). The second kappa shape index (κ2) is 2.13. The number of Topliss-reactive ketones (excluding diaryl/α,β-unsaturated/α-hetero) is 1. The Morgan fingerprint density at radius 2 is 1.89 bits per heavy atom. The third kappa shape index (κ3) is 1.48. The standard InChI is InChI=1S/C5H9NO3/c1-4(7)5(2,3)6(8)9/h1-3H3. The van der Waals surface area contributed by atoms with E-state index in [1.165, 1.54) is 20.8 Å². The van der Waals surface area contributed by atoms with Crippen LogP contribution in [0.5, 0.6) is 0 Å². The van der Waals surface area contributed by atoms with Gasteiger partial charge < -0.3 is 0 Å². The molecule has 4 nitrogen and oxygen atoms in total. The van der Waals surface area contributed by atoms with E-state index < -0.39 is 16.2 Å². The first-order valence-electron chi connectivity index (χ1n) is 2.54. The normalized spacial score (nSPS) is 11.0. The molecular weight excluding hydrogens is 122 g/mol. The van der Waals surface area contributed by atoms with Crippen molar-refractivity contribution in [1.29, 1.82) is 0 Å². The van der Waals surface area contributed by atoms with Crippen molar-refractivity contribution in [2.24, 2.45) is 0 Å². The van der Waals surface area contributed by atoms with Crippen LogP contribution >= 0.6 is 0 Å². The summed E-state index contributed by atoms with van der Waals surface area (Å²) in [6.45, 7) is 3.79. The third-order valence-electron chi connectivity index (χ3n) is 1.32. The zero-order valence-corrected chi connectivity index (χ0v) is 5.67. The fraction of sp³-hybridized carbons (Fsp3) is 0.800. The lowest BCUT2D eigenvalue weighted by Gasteiger charge is -2.09. The lowest BCUT2D eigenvalue weighted by atomic mass is 10.0. The summed E-state index contributed by atoms with van der Waals surface area (Å²) >= 11 is 0. The quantitative estimate of drug-likeness (QED) is 0.408. The summed E-state index contributed by atoms with van der Waals surface area (Å²) in [5, 5.41) is 10.0. The van der Waals surface area contributed by atoms with Crippen LogP contribution in [0.25, 0.3) is 0 Å². The molecule has 0 aromatic heterocycles. The minimum atomic E-state index is -1.42. The van der Waals surface area contributed by atoms with Crippen LogP contribution in [0.3, 0.4) is 0 Å². The average molecular weight is 131 g/mol. The van der Waals surface area contributed by atoms with Gasteiger partial charge in [-0.1, -0.05) is 0 Å². The first-order chi connectivity index (χ1) is 3.89. The minimum Gasteiger partial charge on any atom is -0.292 e. The fourth-order valence-corrected chi connectivity index (χ4v) is 0.129. The van der Waals surface area contributed by atoms with Gasteiger partial charge in [0.15, 0.2) is 0 Å². The van der Waals surface area contributed by atoms with Crippen molar-refractivity contribution in [3.05, 3.63) is 10.1 Å². The summed E-state index contributed by atoms with van der Waals surface area (Å²) in [4.78, 5) is 19.9. The zero-order valence-electron chi connectivity index (χ0n) is 5.67. The molecule has 0 spiro atoms. The van der Waals surface area contributed by atoms with Gasteiger partial charge in [0.1, 0.15) is 0 Å². The molecule has 0 heterocycles. The van der Waals surface area contributed by atoms with Gasteiger partial charge in [0.2, 0.25) is 5.78 Å². The Labute approximate surface area is 53.0 Å². The van der Waals surface area contributed by atoms with Crippen LogP contribution in [-0.2, 0) is 4.79 Å². The Balaban J connectivity index is 4.38. The monoisotopic (exact) mass is 131 g/mol. The van der Waals surface area contributed by atoms with Crippen molar-refractivity contribution >= 4 is 5.78 Å². The molecule has 0 amide bonds. The lowest BCUT2D eigenvalue weighted by Crippen LogP contribution is -2.38. The summed E-state index contributed by atoms with van der Waals surface area (Å²) in [5.41, 5.74) is -1.42. The van der Waals surface area contributed by atoms with E-state index in [2.05, 4.69) is 0 Å². The summed E-state index contributed by atoms with van der Waals surface area (Å²) in [7, 11) is 0. The molecule has 0 atom stereocenters. The van der Waals surface area contributed by atoms with Gasteiger partial charge in [-0.2, -0.15) is 0 Å². The number of nitro groups is 1. The van der Waals surface area contributed by atoms with E-state index in [0.717, 1.165) is 0 Å². The molecule has 0 unspecified atom stereocenters. The summed E-state index contributed by atoms with van der Waals surface area (Å²) in [6.07, 6.45) is 0. The molecule has 0 N–H and O–H groups in total. The Bertz CT molecular complexity index is 134. The summed E-state index contributed by atoms with van der Waals surface area (Å²) in [5.74, 6) is -0.424. The minimum absolute atomic E-state index is 0.424. The molecule has 0 aliphatic carbocycles. The summed E-state index contributed by atoms with van der Waals surface area (Å²) in [6, 6.07) is 0. The van der Waals surface area contributed by atoms with Gasteiger partial charge in [-0.25, -0.2) is 0 Å². The smallest absolute Gasteiger partial charge is 0.273 e. The molecule has 0 fully saturated rings. The fourth-order valence-electron chi connectivity index (χ4n) is 0.129. The molecule has 0 aromatic carbocycles. The highest BCUT2D eigenvalue weighted by molar-refractivity contribution is 5.83. The van der Waals surface area contributed by atoms with Crippen molar-refractivity contribution in [3.63, 3.8) is 0 Å². The Morgan fingerprint density at radius 1 is 1.56 bits per heavy atom. The van der Waals surface area contributed by atoms with Crippen molar-refractivity contribution < 1.29 is 9.72 Å². The molecule has 9 heavy (non-hydrogen) atoms. The molecule has 52 valence electrons. The van der Waals surface area contributed by atoms with Crippen LogP contribution in [0.4, 0.5) is 0 Å². The van der Waals surface area contributed by atoms with Crippen LogP contribution in [0.15, 0.2) is 0 Å². The van der Waals surface area contributed by atoms with Crippen LogP contribution in [0.1, 0.15) is 20.8 Å². The topological polar surface area (TPSA) is 60.2 Å². The van der Waals surface area contributed by atoms with E-state index in [1.807, 2.05) is 0 Å². The predicted molar refractivity (Wildman–Crippen MR) is 31.8 cm³/mol. The molecule has 0 saturated carbocycles. The molecule has 0 aliphatic heterocycles. The molecule has 0 saturated heterocycles. The maximum absolute atomic E-state index is 10.5. The van der Waals surface area contributed by atoms with Gasteiger partial charge in [0.05, 0.1) is 0 Å². The second-order valence-corrected chi connectivity index (χ2v) is 2.37. The van der Waals surface area contributed by atoms with Gasteiger partial charge in [0, 0.05) is 25.7 Å². The second-order valence-electron chi connectivity index (χ2n) is 2.37. The van der Waals surface area contributed by atoms with Crippen molar-refractivity contribution in [1.82, 2.24) is 0 Å². The van der Waals surface area contributed by atoms with Gasteiger partial charge in [0.25, 0.3) is 5.54 Å². The highest BCUT2D eigenvalue weighted by Gasteiger charge is 2.36. The van der Waals surface area contributed by atoms with E-state index >= 15 is 0 Å². The number of hydrogen-bond donors (Lipinski definition) is 0. The maximum Gasteiger partial charge on any atom is 0.273 e. The number of ketones is 1. The average Bonchev–Trinajstić information content (AvgIpc) is 1.65. The first kappa shape index (κ1) is 8.07. The molecular formula is C5H9NO3. The van der Waals surface area contributed by atoms with Crippen LogP contribution in [0.2, 0.25) is 0 Å². The van der Waals surface area contributed by atoms with Crippen molar-refractivity contribution in [2.75, 3.05) is 0 Å². The predicted octanol–water partition coefficient (Wildman–Crippen LogP) is 0.631. The molecule has 0 aromatic rings. The Morgan fingerprint density at radius 3 is 1.89 bits per heavy atom. The number of carbonyl (C=O) groups is 1. The van der Waals surface area contributed by atoms with E-state index in [1.54, 1.807) is 0 Å². The van der Waals surface area contributed by atoms with Crippen LogP contribution in [0, 0.1) is 10.1 Å². The number of carbonyl (C=O) groups excluding carboxylic acids is 1. The van der Waals surface area contributed by atoms with Crippen molar-refractivity contribution in [3.8, 4) is 0 Å². The van der Waals surface area contributed by atoms with E-state index in [4.69, 9.17) is 0 Å². The Hall–Kier alpha value is -0.930. The maximum atomic E-state index is 10.5. The highest BCUT2D eigenvalue weighted by Crippen LogP contribution is 2.07. The third-order valence-corrected chi connectivity index (χ3v) is 1.32. The van der Waals surface area contributed by atoms with Crippen LogP contribution in [-0.4, -0.2) is 16.2 Å². The summed E-state index contributed by atoms with van der Waals surface area (Å²) < 4.78 is 0. The molecule has 0 bridgehead atoms. The van der Waals surface area contributed by atoms with Crippen LogP contribution < -0.4 is 0 Å². The molecule has 4 heteroatoms. The highest BCUT2D eigenvalue weighted by atomic mass is 16.6. The SMILES string of the molecule is CC(=O)C(C)(C)[N+](=O)[O-]. The van der Waals surface area contributed by atoms with E-state index in [0.29, 0.717) is 0 Å². The van der Waals surface area contributed by atoms with Gasteiger partial charge in [-0.15, -0.1) is 0 Å². The number of rotatable bonds is 2. The van der Waals surface area contributed by atoms with Crippen molar-refractivity contribution in [2.45, 2.75) is 26.3 Å². The van der Waals surface area contributed by atoms with Gasteiger partial charge in [-0.3, -0.25) is 14.9 Å². The number of hydrogen-bond acceptors (Lipinski definition) is 3. The van der Waals surface area contributed by atoms with E-state index in [9.17, 15) is 14.9 Å². The zero-order chi connectivity index (χ0) is 7.65. The van der Waals surface area contributed by atoms with E-state index in [-0.39, 0.29) is 0 Å². The van der Waals surface area contributed by atoms with Gasteiger partial charge >= 0.3 is 0 Å². The number of nitrogens with zero attached hydrogens (tertiary/aromatic N) is 1. The largest absolute Gasteiger partial charge is 0.292 e. The molecule has 0 aliphatic rings.